The fourth-order valence-corrected chi connectivity index (χ4v) is 4.36. The lowest BCUT2D eigenvalue weighted by molar-refractivity contribution is 0.187. The van der Waals surface area contributed by atoms with Crippen LogP contribution in [0.25, 0.3) is 0 Å². The van der Waals surface area contributed by atoms with Crippen molar-refractivity contribution in [1.82, 2.24) is 10.2 Å². The van der Waals surface area contributed by atoms with E-state index in [4.69, 9.17) is 9.47 Å². The lowest BCUT2D eigenvalue weighted by Gasteiger charge is -2.42. The number of benzene rings is 2. The van der Waals surface area contributed by atoms with E-state index in [9.17, 15) is 9.59 Å². The Morgan fingerprint density at radius 2 is 1.81 bits per heavy atom. The van der Waals surface area contributed by atoms with Gasteiger partial charge in [-0.2, -0.15) is 4.99 Å². The van der Waals surface area contributed by atoms with Crippen molar-refractivity contribution in [2.75, 3.05) is 19.5 Å². The summed E-state index contributed by atoms with van der Waals surface area (Å²) in [5.74, 6) is 1.87. The number of fused-ring (bicyclic) bond motifs is 1. The van der Waals surface area contributed by atoms with Crippen LogP contribution in [0, 0.1) is 5.92 Å². The number of anilines is 1. The van der Waals surface area contributed by atoms with E-state index < -0.39 is 6.03 Å². The molecule has 1 saturated carbocycles. The van der Waals surface area contributed by atoms with Crippen LogP contribution < -0.4 is 20.1 Å². The molecule has 1 saturated heterocycles. The van der Waals surface area contributed by atoms with Crippen LogP contribution in [0.15, 0.2) is 53.5 Å². The van der Waals surface area contributed by atoms with Gasteiger partial charge in [-0.05, 0) is 42.7 Å². The van der Waals surface area contributed by atoms with E-state index in [1.165, 1.54) is 0 Å². The normalized spacial score (nSPS) is 21.5. The van der Waals surface area contributed by atoms with Gasteiger partial charge in [0.25, 0.3) is 0 Å². The number of hydrogen-bond donors (Lipinski definition) is 2. The van der Waals surface area contributed by atoms with E-state index in [1.54, 1.807) is 43.4 Å². The second-order valence-corrected chi connectivity index (χ2v) is 8.02. The summed E-state index contributed by atoms with van der Waals surface area (Å²) in [6, 6.07) is 13.9. The lowest BCUT2D eigenvalue weighted by atomic mass is 9.82. The van der Waals surface area contributed by atoms with Crippen LogP contribution in [0.2, 0.25) is 0 Å². The molecule has 2 aromatic rings. The molecule has 1 aliphatic carbocycles. The number of rotatable bonds is 5. The maximum Gasteiger partial charge on any atom is 0.347 e. The predicted octanol–water partition coefficient (Wildman–Crippen LogP) is 4.42. The molecular formula is C24H28N4O4. The molecule has 8 nitrogen and oxygen atoms in total. The highest BCUT2D eigenvalue weighted by molar-refractivity contribution is 6.08. The number of urea groups is 2. The van der Waals surface area contributed by atoms with Gasteiger partial charge < -0.3 is 20.1 Å². The topological polar surface area (TPSA) is 92.3 Å². The van der Waals surface area contributed by atoms with Crippen molar-refractivity contribution in [2.45, 2.75) is 38.3 Å². The molecule has 168 valence electrons. The zero-order valence-electron chi connectivity index (χ0n) is 18.3. The molecule has 0 aromatic heterocycles. The standard InChI is InChI=1S/C24H28N4O4/c1-31-18-9-5-7-16(13-18)15-28-22(20-11-3-4-12-21(20)26-24(28)30)27-23(29)25-17-8-6-10-19(14-17)32-2/h5-10,13-14,20-21H,3-4,11-12,15H2,1-2H3,(H,25,29)(H,26,30)/b27-22+. The summed E-state index contributed by atoms with van der Waals surface area (Å²) in [5, 5.41) is 5.90. The van der Waals surface area contributed by atoms with E-state index >= 15 is 0 Å². The number of carbonyl (C=O) groups excluding carboxylic acids is 2. The van der Waals surface area contributed by atoms with Crippen molar-refractivity contribution >= 4 is 23.6 Å². The number of nitrogens with one attached hydrogen (secondary N) is 2. The first-order valence-corrected chi connectivity index (χ1v) is 10.8. The third kappa shape index (κ3) is 4.85. The van der Waals surface area contributed by atoms with Crippen LogP contribution in [0.4, 0.5) is 15.3 Å². The Labute approximate surface area is 187 Å². The molecule has 4 amide bonds. The van der Waals surface area contributed by atoms with Gasteiger partial charge in [0, 0.05) is 23.7 Å². The monoisotopic (exact) mass is 436 g/mol. The average molecular weight is 437 g/mol. The third-order valence-electron chi connectivity index (χ3n) is 5.94. The third-order valence-corrected chi connectivity index (χ3v) is 5.94. The Bertz CT molecular complexity index is 1020. The zero-order valence-corrected chi connectivity index (χ0v) is 18.3. The molecule has 0 bridgehead atoms. The molecule has 4 rings (SSSR count). The number of aliphatic imine (C=N–C) groups is 1. The Morgan fingerprint density at radius 1 is 1.09 bits per heavy atom. The number of carbonyl (C=O) groups is 2. The molecule has 2 fully saturated rings. The van der Waals surface area contributed by atoms with Crippen molar-refractivity contribution in [3.8, 4) is 11.5 Å². The second-order valence-electron chi connectivity index (χ2n) is 8.02. The van der Waals surface area contributed by atoms with Crippen molar-refractivity contribution in [1.29, 1.82) is 0 Å². The number of methoxy groups -OCH3 is 2. The van der Waals surface area contributed by atoms with Gasteiger partial charge in [-0.3, -0.25) is 4.90 Å². The molecule has 2 atom stereocenters. The van der Waals surface area contributed by atoms with Crippen LogP contribution in [0.3, 0.4) is 0 Å². The highest BCUT2D eigenvalue weighted by atomic mass is 16.5. The predicted molar refractivity (Wildman–Crippen MR) is 122 cm³/mol. The Morgan fingerprint density at radius 3 is 2.59 bits per heavy atom. The van der Waals surface area contributed by atoms with Crippen LogP contribution in [0.1, 0.15) is 31.2 Å². The molecule has 0 spiro atoms. The van der Waals surface area contributed by atoms with Gasteiger partial charge in [0.2, 0.25) is 0 Å². The minimum atomic E-state index is -0.511. The summed E-state index contributed by atoms with van der Waals surface area (Å²) in [5.41, 5.74) is 1.48. The Kier molecular flexibility index (Phi) is 6.58. The molecule has 2 aromatic carbocycles. The maximum atomic E-state index is 13.0. The maximum absolute atomic E-state index is 13.0. The molecule has 1 heterocycles. The molecule has 8 heteroatoms. The first-order chi connectivity index (χ1) is 15.6. The van der Waals surface area contributed by atoms with E-state index in [0.29, 0.717) is 29.6 Å². The summed E-state index contributed by atoms with van der Waals surface area (Å²) in [6.07, 6.45) is 3.87. The molecular weight excluding hydrogens is 408 g/mol. The van der Waals surface area contributed by atoms with Crippen LogP contribution in [-0.2, 0) is 6.54 Å². The van der Waals surface area contributed by atoms with Gasteiger partial charge in [-0.15, -0.1) is 0 Å². The highest BCUT2D eigenvalue weighted by Crippen LogP contribution is 2.31. The minimum Gasteiger partial charge on any atom is -0.497 e. The number of hydrogen-bond acceptors (Lipinski definition) is 4. The van der Waals surface area contributed by atoms with Gasteiger partial charge in [-0.1, -0.05) is 31.0 Å². The van der Waals surface area contributed by atoms with E-state index in [0.717, 1.165) is 31.2 Å². The summed E-state index contributed by atoms with van der Waals surface area (Å²) in [4.78, 5) is 31.8. The Balaban J connectivity index is 1.62. The van der Waals surface area contributed by atoms with E-state index in [2.05, 4.69) is 15.6 Å². The Hall–Kier alpha value is -3.55. The van der Waals surface area contributed by atoms with Gasteiger partial charge in [0.15, 0.2) is 0 Å². The van der Waals surface area contributed by atoms with Crippen LogP contribution in [-0.4, -0.2) is 43.1 Å². The number of amides is 4. The summed E-state index contributed by atoms with van der Waals surface area (Å²) in [7, 11) is 3.18. The molecule has 32 heavy (non-hydrogen) atoms. The van der Waals surface area contributed by atoms with Crippen LogP contribution in [0.5, 0.6) is 11.5 Å². The number of nitrogens with zero attached hydrogens (tertiary/aromatic N) is 2. The lowest BCUT2D eigenvalue weighted by Crippen LogP contribution is -2.60. The zero-order chi connectivity index (χ0) is 22.5. The number of amidine groups is 1. The van der Waals surface area contributed by atoms with Gasteiger partial charge in [-0.25, -0.2) is 9.59 Å². The average Bonchev–Trinajstić information content (AvgIpc) is 2.81. The second kappa shape index (κ2) is 9.72. The first-order valence-electron chi connectivity index (χ1n) is 10.8. The van der Waals surface area contributed by atoms with Crippen molar-refractivity contribution in [3.63, 3.8) is 0 Å². The fraction of sp³-hybridized carbons (Fsp3) is 0.375. The highest BCUT2D eigenvalue weighted by Gasteiger charge is 2.40. The molecule has 2 aliphatic rings. The molecule has 2 unspecified atom stereocenters. The van der Waals surface area contributed by atoms with E-state index in [1.807, 2.05) is 24.3 Å². The smallest absolute Gasteiger partial charge is 0.347 e. The van der Waals surface area contributed by atoms with Crippen molar-refractivity contribution in [3.05, 3.63) is 54.1 Å². The quantitative estimate of drug-likeness (QED) is 0.726. The van der Waals surface area contributed by atoms with Gasteiger partial charge in [0.1, 0.15) is 17.3 Å². The van der Waals surface area contributed by atoms with Crippen LogP contribution >= 0.6 is 0 Å². The minimum absolute atomic E-state index is 0.00109. The fourth-order valence-electron chi connectivity index (χ4n) is 4.36. The molecule has 1 aliphatic heterocycles. The summed E-state index contributed by atoms with van der Waals surface area (Å²) in [6.45, 7) is 0.303. The number of ether oxygens (including phenoxy) is 2. The first kappa shape index (κ1) is 21.7. The van der Waals surface area contributed by atoms with Crippen molar-refractivity contribution in [2.24, 2.45) is 10.9 Å². The van der Waals surface area contributed by atoms with Gasteiger partial charge >= 0.3 is 12.1 Å². The molecule has 0 radical (unpaired) electrons. The van der Waals surface area contributed by atoms with Gasteiger partial charge in [0.05, 0.1) is 20.8 Å². The SMILES string of the molecule is COc1cccc(CN2C(=O)NC3CCCCC3/C2=N\C(=O)Nc2cccc(OC)c2)c1. The summed E-state index contributed by atoms with van der Waals surface area (Å²) < 4.78 is 10.5. The largest absolute Gasteiger partial charge is 0.497 e. The summed E-state index contributed by atoms with van der Waals surface area (Å²) >= 11 is 0. The van der Waals surface area contributed by atoms with Crippen molar-refractivity contribution < 1.29 is 19.1 Å². The van der Waals surface area contributed by atoms with E-state index in [-0.39, 0.29) is 18.0 Å². The molecule has 2 N–H and O–H groups in total.